The number of hydrogen-bond donors (Lipinski definition) is 0. The number of halogens is 3. The first kappa shape index (κ1) is 13.3. The minimum atomic E-state index is -4.49. The number of aromatic nitrogens is 4. The predicted molar refractivity (Wildman–Crippen MR) is 66.6 cm³/mol. The first-order valence-electron chi connectivity index (χ1n) is 5.96. The van der Waals surface area contributed by atoms with Gasteiger partial charge in [0.1, 0.15) is 0 Å². The van der Waals surface area contributed by atoms with Crippen LogP contribution in [0.4, 0.5) is 13.2 Å². The Bertz CT molecular complexity index is 762. The van der Waals surface area contributed by atoms with E-state index in [9.17, 15) is 13.2 Å². The molecule has 0 saturated heterocycles. The maximum atomic E-state index is 12.7. The predicted octanol–water partition coefficient (Wildman–Crippen LogP) is 3.25. The molecule has 0 spiro atoms. The summed E-state index contributed by atoms with van der Waals surface area (Å²) in [6.07, 6.45) is -1.59. The third-order valence-corrected chi connectivity index (χ3v) is 2.78. The highest BCUT2D eigenvalue weighted by Crippen LogP contribution is 2.29. The lowest BCUT2D eigenvalue weighted by Crippen LogP contribution is -2.08. The molecule has 0 bridgehead atoms. The molecule has 0 aliphatic heterocycles. The Morgan fingerprint density at radius 2 is 2.05 bits per heavy atom. The number of alkyl halides is 3. The first-order chi connectivity index (χ1) is 9.95. The van der Waals surface area contributed by atoms with Crippen molar-refractivity contribution in [3.63, 3.8) is 0 Å². The molecular formula is C13H9F3N4O. The number of nitrogens with zero attached hydrogens (tertiary/aromatic N) is 4. The minimum absolute atomic E-state index is 0.240. The van der Waals surface area contributed by atoms with Gasteiger partial charge in [0, 0.05) is 18.0 Å². The molecule has 21 heavy (non-hydrogen) atoms. The molecule has 0 aliphatic rings. The van der Waals surface area contributed by atoms with E-state index in [1.165, 1.54) is 25.5 Å². The van der Waals surface area contributed by atoms with Gasteiger partial charge in [0.25, 0.3) is 0 Å². The van der Waals surface area contributed by atoms with Gasteiger partial charge in [0.2, 0.25) is 0 Å². The summed E-state index contributed by atoms with van der Waals surface area (Å²) in [6, 6.07) is 5.78. The number of hydrogen-bond acceptors (Lipinski definition) is 4. The summed E-state index contributed by atoms with van der Waals surface area (Å²) < 4.78 is 44.3. The topological polar surface area (TPSA) is 56.7 Å². The van der Waals surface area contributed by atoms with Crippen LogP contribution in [0.25, 0.3) is 17.4 Å². The molecule has 3 rings (SSSR count). The average molecular weight is 294 g/mol. The summed E-state index contributed by atoms with van der Waals surface area (Å²) in [5, 5.41) is 3.54. The molecule has 0 amide bonds. The average Bonchev–Trinajstić information content (AvgIpc) is 3.07. The maximum absolute atomic E-state index is 12.7. The zero-order chi connectivity index (χ0) is 15.0. The molecule has 3 heterocycles. The van der Waals surface area contributed by atoms with E-state index in [2.05, 4.69) is 15.1 Å². The SMILES string of the molecule is Cc1cc(C(F)(F)F)nn1-c1ccnc(-c2ccco2)n1. The lowest BCUT2D eigenvalue weighted by molar-refractivity contribution is -0.141. The van der Waals surface area contributed by atoms with Crippen molar-refractivity contribution in [1.29, 1.82) is 0 Å². The van der Waals surface area contributed by atoms with E-state index in [1.807, 2.05) is 0 Å². The van der Waals surface area contributed by atoms with Gasteiger partial charge < -0.3 is 4.42 Å². The molecule has 0 saturated carbocycles. The standard InChI is InChI=1S/C13H9F3N4O/c1-8-7-10(13(14,15)16)19-20(8)11-4-5-17-12(18-11)9-3-2-6-21-9/h2-7H,1H3. The Kier molecular flexibility index (Phi) is 3.00. The van der Waals surface area contributed by atoms with Crippen LogP contribution in [0.15, 0.2) is 41.1 Å². The van der Waals surface area contributed by atoms with Crippen LogP contribution in [-0.4, -0.2) is 19.7 Å². The summed E-state index contributed by atoms with van der Waals surface area (Å²) in [4.78, 5) is 8.19. The lowest BCUT2D eigenvalue weighted by atomic mass is 10.3. The Morgan fingerprint density at radius 1 is 1.24 bits per heavy atom. The van der Waals surface area contributed by atoms with Crippen molar-refractivity contribution in [1.82, 2.24) is 19.7 Å². The van der Waals surface area contributed by atoms with E-state index in [4.69, 9.17) is 4.42 Å². The first-order valence-corrected chi connectivity index (χ1v) is 5.96. The summed E-state index contributed by atoms with van der Waals surface area (Å²) in [5.41, 5.74) is -0.635. The fourth-order valence-corrected chi connectivity index (χ4v) is 1.84. The van der Waals surface area contributed by atoms with E-state index in [0.717, 1.165) is 10.7 Å². The van der Waals surface area contributed by atoms with Crippen molar-refractivity contribution in [3.05, 3.63) is 48.1 Å². The van der Waals surface area contributed by atoms with Crippen LogP contribution in [0.1, 0.15) is 11.4 Å². The molecule has 3 aromatic heterocycles. The van der Waals surface area contributed by atoms with Crippen LogP contribution < -0.4 is 0 Å². The highest BCUT2D eigenvalue weighted by atomic mass is 19.4. The highest BCUT2D eigenvalue weighted by Gasteiger charge is 2.34. The Balaban J connectivity index is 2.05. The van der Waals surface area contributed by atoms with Crippen molar-refractivity contribution < 1.29 is 17.6 Å². The number of rotatable bonds is 2. The highest BCUT2D eigenvalue weighted by molar-refractivity contribution is 5.47. The van der Waals surface area contributed by atoms with Crippen LogP contribution >= 0.6 is 0 Å². The van der Waals surface area contributed by atoms with Gasteiger partial charge in [0.15, 0.2) is 23.1 Å². The van der Waals surface area contributed by atoms with Crippen molar-refractivity contribution in [2.45, 2.75) is 13.1 Å². The van der Waals surface area contributed by atoms with Crippen molar-refractivity contribution in [2.24, 2.45) is 0 Å². The van der Waals surface area contributed by atoms with Crippen LogP contribution in [0.2, 0.25) is 0 Å². The molecular weight excluding hydrogens is 285 g/mol. The smallest absolute Gasteiger partial charge is 0.435 e. The van der Waals surface area contributed by atoms with Gasteiger partial charge in [-0.3, -0.25) is 0 Å². The van der Waals surface area contributed by atoms with Crippen molar-refractivity contribution in [2.75, 3.05) is 0 Å². The van der Waals surface area contributed by atoms with E-state index >= 15 is 0 Å². The number of furan rings is 1. The molecule has 0 radical (unpaired) electrons. The lowest BCUT2D eigenvalue weighted by Gasteiger charge is -2.04. The molecule has 0 aliphatic carbocycles. The van der Waals surface area contributed by atoms with Gasteiger partial charge in [-0.15, -0.1) is 0 Å². The number of aryl methyl sites for hydroxylation is 1. The fourth-order valence-electron chi connectivity index (χ4n) is 1.84. The monoisotopic (exact) mass is 294 g/mol. The third kappa shape index (κ3) is 2.51. The second kappa shape index (κ2) is 4.72. The Hall–Kier alpha value is -2.64. The van der Waals surface area contributed by atoms with E-state index in [0.29, 0.717) is 11.5 Å². The van der Waals surface area contributed by atoms with Crippen LogP contribution in [0.3, 0.4) is 0 Å². The summed E-state index contributed by atoms with van der Waals surface area (Å²) in [5.74, 6) is 0.947. The molecule has 3 aromatic rings. The maximum Gasteiger partial charge on any atom is 0.435 e. The summed E-state index contributed by atoms with van der Waals surface area (Å²) >= 11 is 0. The minimum Gasteiger partial charge on any atom is -0.461 e. The molecule has 0 N–H and O–H groups in total. The summed E-state index contributed by atoms with van der Waals surface area (Å²) in [6.45, 7) is 1.52. The van der Waals surface area contributed by atoms with Gasteiger partial charge in [0.05, 0.1) is 6.26 Å². The second-order valence-electron chi connectivity index (χ2n) is 4.30. The molecule has 5 nitrogen and oxygen atoms in total. The van der Waals surface area contributed by atoms with Crippen LogP contribution in [0, 0.1) is 6.92 Å². The third-order valence-electron chi connectivity index (χ3n) is 2.78. The van der Waals surface area contributed by atoms with Crippen molar-refractivity contribution >= 4 is 0 Å². The largest absolute Gasteiger partial charge is 0.461 e. The van der Waals surface area contributed by atoms with Crippen molar-refractivity contribution in [3.8, 4) is 17.4 Å². The van der Waals surface area contributed by atoms with E-state index < -0.39 is 11.9 Å². The normalized spacial score (nSPS) is 11.8. The molecule has 0 aromatic carbocycles. The van der Waals surface area contributed by atoms with Gasteiger partial charge in [-0.25, -0.2) is 14.6 Å². The molecule has 8 heteroatoms. The quantitative estimate of drug-likeness (QED) is 0.728. The molecule has 0 fully saturated rings. The summed E-state index contributed by atoms with van der Waals surface area (Å²) in [7, 11) is 0. The molecule has 0 unspecified atom stereocenters. The van der Waals surface area contributed by atoms with Gasteiger partial charge in [-0.1, -0.05) is 0 Å². The van der Waals surface area contributed by atoms with Crippen LogP contribution in [0.5, 0.6) is 0 Å². The Labute approximate surface area is 117 Å². The Morgan fingerprint density at radius 3 is 2.67 bits per heavy atom. The van der Waals surface area contributed by atoms with E-state index in [-0.39, 0.29) is 11.6 Å². The van der Waals surface area contributed by atoms with Gasteiger partial charge in [-0.2, -0.15) is 18.3 Å². The molecule has 0 atom stereocenters. The molecule has 108 valence electrons. The van der Waals surface area contributed by atoms with Crippen LogP contribution in [-0.2, 0) is 6.18 Å². The zero-order valence-corrected chi connectivity index (χ0v) is 10.8. The zero-order valence-electron chi connectivity index (χ0n) is 10.8. The van der Waals surface area contributed by atoms with Gasteiger partial charge in [-0.05, 0) is 25.1 Å². The second-order valence-corrected chi connectivity index (χ2v) is 4.30. The van der Waals surface area contributed by atoms with Gasteiger partial charge >= 0.3 is 6.18 Å². The van der Waals surface area contributed by atoms with E-state index in [1.54, 1.807) is 12.1 Å². The fraction of sp³-hybridized carbons (Fsp3) is 0.154.